The number of phenols is 1. The van der Waals surface area contributed by atoms with E-state index in [0.717, 1.165) is 13.0 Å². The fourth-order valence-corrected chi connectivity index (χ4v) is 1.87. The van der Waals surface area contributed by atoms with Gasteiger partial charge in [-0.15, -0.1) is 0 Å². The van der Waals surface area contributed by atoms with Crippen LogP contribution in [0.4, 0.5) is 4.39 Å². The number of nitrogens with zero attached hydrogens (tertiary/aromatic N) is 1. The fraction of sp³-hybridized carbons (Fsp3) is 0.455. The van der Waals surface area contributed by atoms with Gasteiger partial charge < -0.3 is 10.0 Å². The van der Waals surface area contributed by atoms with Crippen molar-refractivity contribution in [1.29, 1.82) is 0 Å². The van der Waals surface area contributed by atoms with E-state index in [1.54, 1.807) is 6.07 Å². The molecule has 1 aromatic carbocycles. The molecule has 0 radical (unpaired) electrons. The highest BCUT2D eigenvalue weighted by Gasteiger charge is 2.08. The van der Waals surface area contributed by atoms with E-state index in [9.17, 15) is 9.50 Å². The summed E-state index contributed by atoms with van der Waals surface area (Å²) in [4.78, 5) is 2.06. The lowest BCUT2D eigenvalue weighted by Crippen LogP contribution is -2.13. The normalized spacial score (nSPS) is 11.0. The maximum atomic E-state index is 13.1. The molecule has 0 aliphatic rings. The van der Waals surface area contributed by atoms with E-state index in [1.165, 1.54) is 6.07 Å². The molecule has 0 heterocycles. The van der Waals surface area contributed by atoms with Gasteiger partial charge in [-0.25, -0.2) is 4.39 Å². The summed E-state index contributed by atoms with van der Waals surface area (Å²) in [6.07, 6.45) is 1.58. The van der Waals surface area contributed by atoms with Crippen molar-refractivity contribution in [3.05, 3.63) is 28.0 Å². The second kappa shape index (κ2) is 5.47. The summed E-state index contributed by atoms with van der Waals surface area (Å²) in [5.74, 6) is -0.791. The number of aryl methyl sites for hydroxylation is 1. The molecule has 0 saturated carbocycles. The van der Waals surface area contributed by atoms with E-state index in [1.807, 2.05) is 14.1 Å². The molecule has 0 aliphatic heterocycles. The molecule has 0 spiro atoms. The van der Waals surface area contributed by atoms with Crippen molar-refractivity contribution < 1.29 is 9.50 Å². The smallest absolute Gasteiger partial charge is 0.166 e. The highest BCUT2D eigenvalue weighted by Crippen LogP contribution is 2.26. The molecule has 0 bridgehead atoms. The number of halogens is 2. The van der Waals surface area contributed by atoms with Gasteiger partial charge in [-0.1, -0.05) is 15.9 Å². The maximum Gasteiger partial charge on any atom is 0.166 e. The molecule has 4 heteroatoms. The Balaban J connectivity index is 2.68. The Morgan fingerprint density at radius 3 is 2.67 bits per heavy atom. The van der Waals surface area contributed by atoms with Gasteiger partial charge in [-0.05, 0) is 51.2 Å². The average molecular weight is 276 g/mol. The Hall–Kier alpha value is -0.610. The molecule has 1 rings (SSSR count). The molecule has 0 saturated heterocycles. The van der Waals surface area contributed by atoms with Crippen molar-refractivity contribution in [3.63, 3.8) is 0 Å². The van der Waals surface area contributed by atoms with Gasteiger partial charge in [0, 0.05) is 4.47 Å². The van der Waals surface area contributed by atoms with Crippen molar-refractivity contribution in [2.75, 3.05) is 20.6 Å². The van der Waals surface area contributed by atoms with Crippen LogP contribution in [0.5, 0.6) is 5.75 Å². The van der Waals surface area contributed by atoms with Crippen LogP contribution in [0.25, 0.3) is 0 Å². The Morgan fingerprint density at radius 2 is 2.07 bits per heavy atom. The number of phenolic OH excluding ortho intramolecular Hbond substituents is 1. The lowest BCUT2D eigenvalue weighted by molar-refractivity contribution is 0.393. The largest absolute Gasteiger partial charge is 0.505 e. The van der Waals surface area contributed by atoms with E-state index < -0.39 is 5.82 Å². The van der Waals surface area contributed by atoms with Crippen molar-refractivity contribution in [2.45, 2.75) is 12.8 Å². The zero-order valence-electron chi connectivity index (χ0n) is 8.93. The Kier molecular flexibility index (Phi) is 4.54. The summed E-state index contributed by atoms with van der Waals surface area (Å²) in [7, 11) is 3.97. The Labute approximate surface area is 97.8 Å². The third-order valence-electron chi connectivity index (χ3n) is 2.16. The number of aromatic hydroxyl groups is 1. The van der Waals surface area contributed by atoms with Crippen LogP contribution in [-0.4, -0.2) is 30.6 Å². The van der Waals surface area contributed by atoms with Crippen LogP contribution in [0.15, 0.2) is 16.6 Å². The highest BCUT2D eigenvalue weighted by atomic mass is 79.9. The van der Waals surface area contributed by atoms with Crippen LogP contribution < -0.4 is 0 Å². The topological polar surface area (TPSA) is 23.5 Å². The highest BCUT2D eigenvalue weighted by molar-refractivity contribution is 9.10. The fourth-order valence-electron chi connectivity index (χ4n) is 1.40. The number of hydrogen-bond acceptors (Lipinski definition) is 2. The van der Waals surface area contributed by atoms with Crippen LogP contribution in [0.2, 0.25) is 0 Å². The lowest BCUT2D eigenvalue weighted by Gasteiger charge is -2.10. The minimum Gasteiger partial charge on any atom is -0.505 e. The number of benzene rings is 1. The molecule has 0 fully saturated rings. The summed E-state index contributed by atoms with van der Waals surface area (Å²) in [6.45, 7) is 0.924. The summed E-state index contributed by atoms with van der Waals surface area (Å²) in [5.41, 5.74) is 0.656. The monoisotopic (exact) mass is 275 g/mol. The van der Waals surface area contributed by atoms with Gasteiger partial charge in [0.15, 0.2) is 11.6 Å². The van der Waals surface area contributed by atoms with E-state index in [4.69, 9.17) is 0 Å². The molecule has 0 atom stereocenters. The van der Waals surface area contributed by atoms with Gasteiger partial charge in [-0.3, -0.25) is 0 Å². The van der Waals surface area contributed by atoms with Gasteiger partial charge in [-0.2, -0.15) is 0 Å². The Bertz CT molecular complexity index is 342. The summed E-state index contributed by atoms with van der Waals surface area (Å²) >= 11 is 3.21. The first-order valence-electron chi connectivity index (χ1n) is 4.82. The van der Waals surface area contributed by atoms with Gasteiger partial charge in [0.25, 0.3) is 0 Å². The lowest BCUT2D eigenvalue weighted by atomic mass is 10.1. The molecule has 0 aliphatic carbocycles. The van der Waals surface area contributed by atoms with E-state index in [2.05, 4.69) is 20.8 Å². The molecule has 84 valence electrons. The van der Waals surface area contributed by atoms with Gasteiger partial charge >= 0.3 is 0 Å². The first kappa shape index (κ1) is 12.5. The van der Waals surface area contributed by atoms with Gasteiger partial charge in [0.1, 0.15) is 0 Å². The molecule has 1 aromatic rings. The van der Waals surface area contributed by atoms with Crippen LogP contribution in [0.1, 0.15) is 12.0 Å². The molecule has 0 aromatic heterocycles. The van der Waals surface area contributed by atoms with E-state index >= 15 is 0 Å². The van der Waals surface area contributed by atoms with Crippen LogP contribution >= 0.6 is 15.9 Å². The third kappa shape index (κ3) is 3.80. The van der Waals surface area contributed by atoms with E-state index in [0.29, 0.717) is 16.5 Å². The maximum absolute atomic E-state index is 13.1. The third-order valence-corrected chi connectivity index (χ3v) is 2.62. The van der Waals surface area contributed by atoms with Crippen molar-refractivity contribution in [1.82, 2.24) is 4.90 Å². The quantitative estimate of drug-likeness (QED) is 0.914. The summed E-state index contributed by atoms with van der Waals surface area (Å²) < 4.78 is 13.8. The molecular formula is C11H15BrFNO. The zero-order valence-corrected chi connectivity index (χ0v) is 10.5. The molecule has 15 heavy (non-hydrogen) atoms. The average Bonchev–Trinajstić information content (AvgIpc) is 2.12. The predicted molar refractivity (Wildman–Crippen MR) is 62.6 cm³/mol. The summed E-state index contributed by atoms with van der Waals surface area (Å²) in [5, 5.41) is 9.48. The summed E-state index contributed by atoms with van der Waals surface area (Å²) in [6, 6.07) is 3.03. The van der Waals surface area contributed by atoms with Crippen molar-refractivity contribution >= 4 is 15.9 Å². The molecule has 1 N–H and O–H groups in total. The first-order chi connectivity index (χ1) is 7.00. The molecule has 0 amide bonds. The molecule has 2 nitrogen and oxygen atoms in total. The van der Waals surface area contributed by atoms with Crippen molar-refractivity contribution in [3.8, 4) is 5.75 Å². The molecule has 0 unspecified atom stereocenters. The standard InChI is InChI=1S/C11H15BrFNO/c1-14(2)5-3-4-8-6-9(12)7-10(13)11(8)15/h6-7,15H,3-5H2,1-2H3. The van der Waals surface area contributed by atoms with Crippen molar-refractivity contribution in [2.24, 2.45) is 0 Å². The van der Waals surface area contributed by atoms with Crippen LogP contribution in [0.3, 0.4) is 0 Å². The Morgan fingerprint density at radius 1 is 1.40 bits per heavy atom. The van der Waals surface area contributed by atoms with Gasteiger partial charge in [0.05, 0.1) is 0 Å². The van der Waals surface area contributed by atoms with Crippen LogP contribution in [-0.2, 0) is 6.42 Å². The van der Waals surface area contributed by atoms with Gasteiger partial charge in [0.2, 0.25) is 0 Å². The SMILES string of the molecule is CN(C)CCCc1cc(Br)cc(F)c1O. The first-order valence-corrected chi connectivity index (χ1v) is 5.61. The van der Waals surface area contributed by atoms with Crippen LogP contribution in [0, 0.1) is 5.82 Å². The second-order valence-corrected chi connectivity index (χ2v) is 4.72. The number of hydrogen-bond donors (Lipinski definition) is 1. The number of rotatable bonds is 4. The van der Waals surface area contributed by atoms with E-state index in [-0.39, 0.29) is 5.75 Å². The molecular weight excluding hydrogens is 261 g/mol. The predicted octanol–water partition coefficient (Wildman–Crippen LogP) is 2.79. The zero-order chi connectivity index (χ0) is 11.4. The minimum atomic E-state index is -0.566. The minimum absolute atomic E-state index is 0.225. The second-order valence-electron chi connectivity index (χ2n) is 3.80.